The van der Waals surface area contributed by atoms with Crippen LogP contribution in [-0.2, 0) is 15.7 Å². The van der Waals surface area contributed by atoms with E-state index in [9.17, 15) is 18.0 Å². The first-order chi connectivity index (χ1) is 10.9. The normalized spacial score (nSPS) is 28.0. The van der Waals surface area contributed by atoms with Crippen molar-refractivity contribution in [2.75, 3.05) is 13.2 Å². The molecule has 0 aromatic heterocycles. The Hall–Kier alpha value is -1.60. The van der Waals surface area contributed by atoms with E-state index >= 15 is 0 Å². The number of hydrogen-bond donors (Lipinski definition) is 1. The van der Waals surface area contributed by atoms with Crippen molar-refractivity contribution < 1.29 is 27.4 Å². The molecule has 126 valence electrons. The zero-order valence-corrected chi connectivity index (χ0v) is 12.4. The highest BCUT2D eigenvalue weighted by molar-refractivity contribution is 5.96. The van der Waals surface area contributed by atoms with E-state index in [0.29, 0.717) is 26.1 Å². The smallest absolute Gasteiger partial charge is 0.373 e. The molecule has 1 N–H and O–H groups in total. The quantitative estimate of drug-likeness (QED) is 0.908. The van der Waals surface area contributed by atoms with E-state index < -0.39 is 17.6 Å². The predicted molar refractivity (Wildman–Crippen MR) is 76.0 cm³/mol. The summed E-state index contributed by atoms with van der Waals surface area (Å²) in [4.78, 5) is 12.3. The third-order valence-electron chi connectivity index (χ3n) is 4.29. The summed E-state index contributed by atoms with van der Waals surface area (Å²) in [5, 5.41) is 2.71. The lowest BCUT2D eigenvalue weighted by molar-refractivity contribution is -0.157. The molecule has 2 fully saturated rings. The molecule has 0 radical (unpaired) electrons. The van der Waals surface area contributed by atoms with Gasteiger partial charge in [-0.1, -0.05) is 12.1 Å². The molecule has 1 heterocycles. The van der Waals surface area contributed by atoms with Gasteiger partial charge in [-0.25, -0.2) is 0 Å². The van der Waals surface area contributed by atoms with Crippen LogP contribution in [0.15, 0.2) is 24.3 Å². The third kappa shape index (κ3) is 3.67. The van der Waals surface area contributed by atoms with Gasteiger partial charge in [-0.15, -0.1) is 0 Å². The molecule has 2 aliphatic rings. The van der Waals surface area contributed by atoms with Gasteiger partial charge in [0.25, 0.3) is 5.91 Å². The number of amides is 1. The van der Waals surface area contributed by atoms with Crippen LogP contribution >= 0.6 is 0 Å². The summed E-state index contributed by atoms with van der Waals surface area (Å²) in [6.07, 6.45) is -2.66. The Labute approximate surface area is 132 Å². The Morgan fingerprint density at radius 1 is 1.09 bits per heavy atom. The van der Waals surface area contributed by atoms with Crippen molar-refractivity contribution in [3.05, 3.63) is 35.4 Å². The fourth-order valence-corrected chi connectivity index (χ4v) is 3.19. The van der Waals surface area contributed by atoms with Crippen molar-refractivity contribution in [2.45, 2.75) is 43.7 Å². The number of ether oxygens (including phenoxy) is 2. The maximum Gasteiger partial charge on any atom is 0.417 e. The largest absolute Gasteiger partial charge is 0.417 e. The molecule has 1 aromatic rings. The average Bonchev–Trinajstić information content (AvgIpc) is 2.54. The summed E-state index contributed by atoms with van der Waals surface area (Å²) < 4.78 is 50.2. The Kier molecular flexibility index (Phi) is 4.59. The molecule has 0 spiro atoms. The summed E-state index contributed by atoms with van der Waals surface area (Å²) >= 11 is 0. The van der Waals surface area contributed by atoms with E-state index in [1.54, 1.807) is 0 Å². The van der Waals surface area contributed by atoms with E-state index in [1.165, 1.54) is 18.2 Å². The van der Waals surface area contributed by atoms with Gasteiger partial charge in [-0.2, -0.15) is 13.2 Å². The van der Waals surface area contributed by atoms with Gasteiger partial charge in [-0.05, 0) is 31.4 Å². The van der Waals surface area contributed by atoms with Crippen molar-refractivity contribution in [3.63, 3.8) is 0 Å². The van der Waals surface area contributed by atoms with Crippen LogP contribution in [0.25, 0.3) is 0 Å². The summed E-state index contributed by atoms with van der Waals surface area (Å²) in [5.41, 5.74) is -1.26. The molecular formula is C16H18F3NO3. The van der Waals surface area contributed by atoms with E-state index in [2.05, 4.69) is 5.32 Å². The van der Waals surface area contributed by atoms with Gasteiger partial charge in [0.1, 0.15) is 0 Å². The predicted octanol–water partition coefficient (Wildman–Crippen LogP) is 2.77. The fourth-order valence-electron chi connectivity index (χ4n) is 3.19. The summed E-state index contributed by atoms with van der Waals surface area (Å²) in [6, 6.07) is 4.62. The fraction of sp³-hybridized carbons (Fsp3) is 0.562. The number of halogens is 3. The molecule has 3 rings (SSSR count). The van der Waals surface area contributed by atoms with Gasteiger partial charge in [0.05, 0.1) is 36.5 Å². The highest BCUT2D eigenvalue weighted by Gasteiger charge is 2.37. The second-order valence-electron chi connectivity index (χ2n) is 5.85. The Morgan fingerprint density at radius 3 is 2.52 bits per heavy atom. The number of benzene rings is 1. The van der Waals surface area contributed by atoms with Crippen molar-refractivity contribution in [2.24, 2.45) is 0 Å². The topological polar surface area (TPSA) is 47.6 Å². The Bertz CT molecular complexity index is 576. The van der Waals surface area contributed by atoms with Crippen LogP contribution in [0.2, 0.25) is 0 Å². The van der Waals surface area contributed by atoms with E-state index in [4.69, 9.17) is 9.47 Å². The molecule has 1 aromatic carbocycles. The molecule has 3 unspecified atom stereocenters. The number of hydrogen-bond acceptors (Lipinski definition) is 3. The molecule has 1 saturated heterocycles. The van der Waals surface area contributed by atoms with Crippen LogP contribution in [-0.4, -0.2) is 37.4 Å². The highest BCUT2D eigenvalue weighted by Crippen LogP contribution is 2.32. The molecule has 3 atom stereocenters. The van der Waals surface area contributed by atoms with Crippen molar-refractivity contribution in [3.8, 4) is 0 Å². The maximum absolute atomic E-state index is 13.0. The lowest BCUT2D eigenvalue weighted by Crippen LogP contribution is -2.49. The minimum atomic E-state index is -4.55. The van der Waals surface area contributed by atoms with E-state index in [0.717, 1.165) is 12.5 Å². The van der Waals surface area contributed by atoms with Crippen LogP contribution in [0.5, 0.6) is 0 Å². The standard InChI is InChI=1S/C16H18F3NO3/c17-16(18,19)12-4-2-1-3-11(12)15(21)20-10-5-6-13-14(9-10)23-8-7-22-13/h1-4,10,13-14H,5-9H2,(H,20,21). The first kappa shape index (κ1) is 16.3. The molecule has 1 aliphatic heterocycles. The van der Waals surface area contributed by atoms with Gasteiger partial charge in [-0.3, -0.25) is 4.79 Å². The van der Waals surface area contributed by atoms with Crippen molar-refractivity contribution >= 4 is 5.91 Å². The summed E-state index contributed by atoms with van der Waals surface area (Å²) in [6.45, 7) is 1.08. The maximum atomic E-state index is 13.0. The second kappa shape index (κ2) is 6.49. The summed E-state index contributed by atoms with van der Waals surface area (Å²) in [5.74, 6) is -0.696. The molecule has 1 saturated carbocycles. The number of nitrogens with one attached hydrogen (secondary N) is 1. The molecule has 23 heavy (non-hydrogen) atoms. The number of alkyl halides is 3. The van der Waals surface area contributed by atoms with Crippen LogP contribution in [0.1, 0.15) is 35.2 Å². The van der Waals surface area contributed by atoms with Crippen LogP contribution in [0.4, 0.5) is 13.2 Å². The van der Waals surface area contributed by atoms with Gasteiger partial charge < -0.3 is 14.8 Å². The lowest BCUT2D eigenvalue weighted by Gasteiger charge is -2.39. The molecule has 1 amide bonds. The highest BCUT2D eigenvalue weighted by atomic mass is 19.4. The van der Waals surface area contributed by atoms with E-state index in [1.807, 2.05) is 0 Å². The molecule has 7 heteroatoms. The zero-order valence-electron chi connectivity index (χ0n) is 12.4. The lowest BCUT2D eigenvalue weighted by atomic mass is 9.89. The van der Waals surface area contributed by atoms with Gasteiger partial charge in [0, 0.05) is 6.04 Å². The second-order valence-corrected chi connectivity index (χ2v) is 5.85. The van der Waals surface area contributed by atoms with Crippen LogP contribution < -0.4 is 5.32 Å². The van der Waals surface area contributed by atoms with Gasteiger partial charge in [0.2, 0.25) is 0 Å². The first-order valence-corrected chi connectivity index (χ1v) is 7.65. The van der Waals surface area contributed by atoms with Gasteiger partial charge in [0.15, 0.2) is 0 Å². The number of carbonyl (C=O) groups excluding carboxylic acids is 1. The Morgan fingerprint density at radius 2 is 1.78 bits per heavy atom. The Balaban J connectivity index is 1.68. The van der Waals surface area contributed by atoms with Gasteiger partial charge >= 0.3 is 6.18 Å². The molecule has 4 nitrogen and oxygen atoms in total. The monoisotopic (exact) mass is 329 g/mol. The van der Waals surface area contributed by atoms with E-state index in [-0.39, 0.29) is 23.8 Å². The van der Waals surface area contributed by atoms with Crippen molar-refractivity contribution in [1.82, 2.24) is 5.32 Å². The molecule has 0 bridgehead atoms. The zero-order chi connectivity index (χ0) is 16.4. The SMILES string of the molecule is O=C(NC1CCC2OCCOC2C1)c1ccccc1C(F)(F)F. The number of fused-ring (bicyclic) bond motifs is 1. The molecular weight excluding hydrogens is 311 g/mol. The first-order valence-electron chi connectivity index (χ1n) is 7.65. The minimum absolute atomic E-state index is 0.0272. The number of rotatable bonds is 2. The number of carbonyl (C=O) groups is 1. The minimum Gasteiger partial charge on any atom is -0.373 e. The van der Waals surface area contributed by atoms with Crippen molar-refractivity contribution in [1.29, 1.82) is 0 Å². The molecule has 1 aliphatic carbocycles. The third-order valence-corrected chi connectivity index (χ3v) is 4.29. The summed E-state index contributed by atoms with van der Waals surface area (Å²) in [7, 11) is 0. The van der Waals surface area contributed by atoms with Crippen LogP contribution in [0, 0.1) is 0 Å². The van der Waals surface area contributed by atoms with Crippen LogP contribution in [0.3, 0.4) is 0 Å². The average molecular weight is 329 g/mol.